The first-order chi connectivity index (χ1) is 18.9. The quantitative estimate of drug-likeness (QED) is 0.192. The Hall–Kier alpha value is -0.830. The molecule has 0 spiro atoms. The van der Waals surface area contributed by atoms with Gasteiger partial charge in [-0.25, -0.2) is 4.79 Å². The van der Waals surface area contributed by atoms with E-state index in [2.05, 4.69) is 48.1 Å². The number of aliphatic hydroxyl groups excluding tert-OH is 1. The van der Waals surface area contributed by atoms with E-state index in [9.17, 15) is 9.90 Å². The molecule has 0 heterocycles. The molecule has 0 saturated heterocycles. The van der Waals surface area contributed by atoms with Crippen LogP contribution < -0.4 is 0 Å². The van der Waals surface area contributed by atoms with Gasteiger partial charge in [0.2, 0.25) is 0 Å². The molecule has 4 rings (SSSR count). The van der Waals surface area contributed by atoms with Crippen LogP contribution in [-0.2, 0) is 9.53 Å². The van der Waals surface area contributed by atoms with Gasteiger partial charge in [-0.15, -0.1) is 0 Å². The lowest BCUT2D eigenvalue weighted by Crippen LogP contribution is -2.53. The van der Waals surface area contributed by atoms with Crippen molar-refractivity contribution in [1.82, 2.24) is 0 Å². The van der Waals surface area contributed by atoms with Crippen LogP contribution in [0.5, 0.6) is 0 Å². The van der Waals surface area contributed by atoms with Crippen molar-refractivity contribution < 1.29 is 14.6 Å². The Labute approximate surface area is 247 Å². The molecule has 4 aliphatic carbocycles. The van der Waals surface area contributed by atoms with Gasteiger partial charge >= 0.3 is 5.97 Å². The van der Waals surface area contributed by atoms with Crippen molar-refractivity contribution in [3.63, 3.8) is 0 Å². The Kier molecular flexibility index (Phi) is 10.6. The van der Waals surface area contributed by atoms with Gasteiger partial charge in [0.1, 0.15) is 0 Å². The largest absolute Gasteiger partial charge is 0.462 e. The van der Waals surface area contributed by atoms with Gasteiger partial charge in [0.05, 0.1) is 6.61 Å². The average molecular weight is 557 g/mol. The molecule has 0 radical (unpaired) electrons. The number of hydrogen-bond acceptors (Lipinski definition) is 3. The minimum atomic E-state index is -0.337. The predicted octanol–water partition coefficient (Wildman–Crippen LogP) is 9.48. The lowest BCUT2D eigenvalue weighted by atomic mass is 9.44. The highest BCUT2D eigenvalue weighted by atomic mass is 16.5. The Bertz CT molecular complexity index is 863. The zero-order valence-corrected chi connectivity index (χ0v) is 27.4. The van der Waals surface area contributed by atoms with Crippen molar-refractivity contribution in [1.29, 1.82) is 0 Å². The molecule has 40 heavy (non-hydrogen) atoms. The summed E-state index contributed by atoms with van der Waals surface area (Å²) < 4.78 is 5.36. The third kappa shape index (κ3) is 6.55. The Balaban J connectivity index is 1.32. The molecule has 4 fully saturated rings. The number of carbonyl (C=O) groups is 1. The fraction of sp³-hybridized carbons (Fsp3) is 0.919. The highest BCUT2D eigenvalue weighted by Gasteiger charge is 2.60. The lowest BCUT2D eigenvalue weighted by molar-refractivity contribution is -0.140. The van der Waals surface area contributed by atoms with Crippen molar-refractivity contribution >= 4 is 5.97 Å². The molecule has 2 unspecified atom stereocenters. The number of fused-ring (bicyclic) bond motifs is 5. The second-order valence-electron chi connectivity index (χ2n) is 16.3. The molecular formula is C37H64O3. The number of carbonyl (C=O) groups excluding carboxylic acids is 1. The smallest absolute Gasteiger partial charge is 0.333 e. The molecule has 230 valence electrons. The van der Waals surface area contributed by atoms with Crippen molar-refractivity contribution in [3.05, 3.63) is 12.2 Å². The fourth-order valence-corrected chi connectivity index (χ4v) is 10.7. The summed E-state index contributed by atoms with van der Waals surface area (Å²) in [5.74, 6) is 7.69. The molecule has 0 aromatic rings. The van der Waals surface area contributed by atoms with Crippen LogP contribution in [0.4, 0.5) is 0 Å². The monoisotopic (exact) mass is 556 g/mol. The van der Waals surface area contributed by atoms with Crippen molar-refractivity contribution in [2.45, 2.75) is 132 Å². The molecule has 11 atom stereocenters. The maximum atomic E-state index is 11.8. The van der Waals surface area contributed by atoms with E-state index in [0.29, 0.717) is 23.0 Å². The van der Waals surface area contributed by atoms with Crippen LogP contribution in [0.25, 0.3) is 0 Å². The molecule has 3 heteroatoms. The molecule has 4 saturated carbocycles. The number of ether oxygens (including phenoxy) is 1. The van der Waals surface area contributed by atoms with Crippen LogP contribution in [0.15, 0.2) is 12.2 Å². The van der Waals surface area contributed by atoms with Gasteiger partial charge < -0.3 is 9.84 Å². The van der Waals surface area contributed by atoms with Gasteiger partial charge in [0.25, 0.3) is 0 Å². The average Bonchev–Trinajstić information content (AvgIpc) is 3.28. The first kappa shape index (κ1) is 32.1. The summed E-state index contributed by atoms with van der Waals surface area (Å²) in [7, 11) is 0. The summed E-state index contributed by atoms with van der Waals surface area (Å²) >= 11 is 0. The van der Waals surface area contributed by atoms with E-state index in [1.807, 2.05) is 0 Å². The Morgan fingerprint density at radius 1 is 0.925 bits per heavy atom. The van der Waals surface area contributed by atoms with E-state index in [0.717, 1.165) is 66.1 Å². The molecule has 0 aromatic carbocycles. The number of esters is 1. The third-order valence-electron chi connectivity index (χ3n) is 13.8. The van der Waals surface area contributed by atoms with Gasteiger partial charge in [0, 0.05) is 18.1 Å². The van der Waals surface area contributed by atoms with Crippen molar-refractivity contribution in [2.75, 3.05) is 13.2 Å². The molecule has 1 N–H and O–H groups in total. The summed E-state index contributed by atoms with van der Waals surface area (Å²) in [6.45, 7) is 21.0. The second kappa shape index (κ2) is 13.2. The number of rotatable bonds is 12. The minimum Gasteiger partial charge on any atom is -0.462 e. The summed E-state index contributed by atoms with van der Waals surface area (Å²) in [4.78, 5) is 11.8. The van der Waals surface area contributed by atoms with Crippen LogP contribution in [0.2, 0.25) is 0 Å². The lowest BCUT2D eigenvalue weighted by Gasteiger charge is -2.61. The van der Waals surface area contributed by atoms with Crippen LogP contribution >= 0.6 is 0 Å². The van der Waals surface area contributed by atoms with E-state index in [4.69, 9.17) is 4.74 Å². The molecule has 4 aliphatic rings. The van der Waals surface area contributed by atoms with E-state index < -0.39 is 0 Å². The van der Waals surface area contributed by atoms with Gasteiger partial charge in [-0.3, -0.25) is 0 Å². The van der Waals surface area contributed by atoms with Crippen LogP contribution in [0, 0.1) is 70.0 Å². The van der Waals surface area contributed by atoms with Crippen LogP contribution in [0.3, 0.4) is 0 Å². The standard InChI is InChI=1S/C37H64O3/c1-24(2)26(5)9-10-27(6)32-15-16-33-31-14-13-30-21-28(11-12-29(22-38)23-40-35(39)25(3)4)17-19-36(30,7)34(31)18-20-37(32,33)8/h24,26-34,38H,3,9-23H2,1-2,4-8H3/t26-,27-,28+,29?,30+,31+,32?,33+,34+,36+,37-/m1/s1. The zero-order valence-electron chi connectivity index (χ0n) is 27.4. The summed E-state index contributed by atoms with van der Waals surface area (Å²) in [5.41, 5.74) is 1.54. The number of aliphatic hydroxyl groups is 1. The van der Waals surface area contributed by atoms with Gasteiger partial charge in [0.15, 0.2) is 0 Å². The Morgan fingerprint density at radius 3 is 2.30 bits per heavy atom. The number of hydrogen-bond donors (Lipinski definition) is 1. The first-order valence-corrected chi connectivity index (χ1v) is 17.3. The normalized spacial score (nSPS) is 39.5. The predicted molar refractivity (Wildman–Crippen MR) is 167 cm³/mol. The van der Waals surface area contributed by atoms with E-state index in [-0.39, 0.29) is 18.5 Å². The van der Waals surface area contributed by atoms with Crippen LogP contribution in [0.1, 0.15) is 132 Å². The van der Waals surface area contributed by atoms with Gasteiger partial charge in [-0.1, -0.05) is 61.0 Å². The van der Waals surface area contributed by atoms with E-state index >= 15 is 0 Å². The van der Waals surface area contributed by atoms with Crippen LogP contribution in [-0.4, -0.2) is 24.3 Å². The first-order valence-electron chi connectivity index (χ1n) is 17.3. The minimum absolute atomic E-state index is 0.0506. The summed E-state index contributed by atoms with van der Waals surface area (Å²) in [6, 6.07) is 0. The maximum Gasteiger partial charge on any atom is 0.333 e. The van der Waals surface area contributed by atoms with Crippen molar-refractivity contribution in [2.24, 2.45) is 70.0 Å². The maximum absolute atomic E-state index is 11.8. The second-order valence-corrected chi connectivity index (χ2v) is 16.3. The highest BCUT2D eigenvalue weighted by Crippen LogP contribution is 2.68. The SMILES string of the molecule is C=C(C)C(=O)OCC(CO)CC[C@H]1CC[C@@]2(C)[C@@H](CC[C@@H]3[C@@H]2CC[C@]2(C)C([C@H](C)CC[C@@H](C)C(C)C)CC[C@@H]32)C1. The highest BCUT2D eigenvalue weighted by molar-refractivity contribution is 5.86. The Morgan fingerprint density at radius 2 is 1.62 bits per heavy atom. The topological polar surface area (TPSA) is 46.5 Å². The fourth-order valence-electron chi connectivity index (χ4n) is 10.7. The van der Waals surface area contributed by atoms with Crippen molar-refractivity contribution in [3.8, 4) is 0 Å². The molecule has 0 aliphatic heterocycles. The van der Waals surface area contributed by atoms with E-state index in [1.165, 1.54) is 70.6 Å². The molecule has 0 bridgehead atoms. The van der Waals surface area contributed by atoms with Gasteiger partial charge in [-0.05, 0) is 142 Å². The molecule has 0 aromatic heterocycles. The third-order valence-corrected chi connectivity index (χ3v) is 13.8. The molecule has 3 nitrogen and oxygen atoms in total. The molecule has 0 amide bonds. The van der Waals surface area contributed by atoms with Gasteiger partial charge in [-0.2, -0.15) is 0 Å². The summed E-state index contributed by atoms with van der Waals surface area (Å²) in [6.07, 6.45) is 17.9. The van der Waals surface area contributed by atoms with E-state index in [1.54, 1.807) is 6.92 Å². The molecular weight excluding hydrogens is 492 g/mol. The summed E-state index contributed by atoms with van der Waals surface area (Å²) in [5, 5.41) is 9.88. The zero-order chi connectivity index (χ0) is 29.2.